The first-order chi connectivity index (χ1) is 10.7. The number of ether oxygens (including phenoxy) is 1. The van der Waals surface area contributed by atoms with Gasteiger partial charge < -0.3 is 10.1 Å². The van der Waals surface area contributed by atoms with Gasteiger partial charge in [0.2, 0.25) is 0 Å². The summed E-state index contributed by atoms with van der Waals surface area (Å²) in [7, 11) is 0. The van der Waals surface area contributed by atoms with Gasteiger partial charge >= 0.3 is 0 Å². The zero-order valence-electron chi connectivity index (χ0n) is 13.6. The Kier molecular flexibility index (Phi) is 4.63. The Morgan fingerprint density at radius 3 is 2.68 bits per heavy atom. The zero-order chi connectivity index (χ0) is 15.5. The normalized spacial score (nSPS) is 20.7. The maximum Gasteiger partial charge on any atom is 0.144 e. The van der Waals surface area contributed by atoms with E-state index < -0.39 is 0 Å². The summed E-state index contributed by atoms with van der Waals surface area (Å²) in [6.07, 6.45) is 6.94. The van der Waals surface area contributed by atoms with Crippen LogP contribution in [0.3, 0.4) is 0 Å². The van der Waals surface area contributed by atoms with Gasteiger partial charge in [-0.15, -0.1) is 0 Å². The lowest BCUT2D eigenvalue weighted by Gasteiger charge is -2.24. The molecule has 0 bridgehead atoms. The summed E-state index contributed by atoms with van der Waals surface area (Å²) >= 11 is 0. The predicted octanol–water partition coefficient (Wildman–Crippen LogP) is 3.55. The molecule has 0 spiro atoms. The third-order valence-electron chi connectivity index (χ3n) is 4.73. The van der Waals surface area contributed by atoms with Crippen LogP contribution in [0.1, 0.15) is 67.8 Å². The molecule has 1 aromatic rings. The maximum atomic E-state index is 9.63. The number of rotatable bonds is 4. The Balaban J connectivity index is 1.93. The van der Waals surface area contributed by atoms with Crippen LogP contribution in [0.25, 0.3) is 0 Å². The molecule has 0 radical (unpaired) electrons. The lowest BCUT2D eigenvalue weighted by molar-refractivity contribution is 0.120. The standard InChI is InChI=1S/C18H25N3O/c1-12(2)17-15-8-4-3-7-14(15)16(10-19)18(21-17)20-11-13-6-5-9-22-13/h12-13H,3-9,11H2,1-2H3,(H,20,21)/t13-/m0/s1. The summed E-state index contributed by atoms with van der Waals surface area (Å²) in [5, 5.41) is 13.0. The van der Waals surface area contributed by atoms with E-state index in [2.05, 4.69) is 25.2 Å². The molecule has 1 N–H and O–H groups in total. The van der Waals surface area contributed by atoms with E-state index in [1.807, 2.05) is 0 Å². The van der Waals surface area contributed by atoms with Crippen molar-refractivity contribution in [2.24, 2.45) is 0 Å². The molecule has 1 fully saturated rings. The predicted molar refractivity (Wildman–Crippen MR) is 87.1 cm³/mol. The highest BCUT2D eigenvalue weighted by Crippen LogP contribution is 2.33. The number of nitriles is 1. The van der Waals surface area contributed by atoms with E-state index in [1.165, 1.54) is 29.7 Å². The molecule has 0 unspecified atom stereocenters. The van der Waals surface area contributed by atoms with Crippen LogP contribution in [0.5, 0.6) is 0 Å². The zero-order valence-corrected chi connectivity index (χ0v) is 13.6. The van der Waals surface area contributed by atoms with Crippen molar-refractivity contribution in [2.45, 2.75) is 64.4 Å². The van der Waals surface area contributed by atoms with Gasteiger partial charge in [-0.25, -0.2) is 4.98 Å². The van der Waals surface area contributed by atoms with E-state index in [0.717, 1.165) is 50.2 Å². The van der Waals surface area contributed by atoms with E-state index in [9.17, 15) is 5.26 Å². The molecule has 0 aromatic carbocycles. The number of nitrogens with one attached hydrogen (secondary N) is 1. The van der Waals surface area contributed by atoms with Crippen molar-refractivity contribution >= 4 is 5.82 Å². The third kappa shape index (κ3) is 2.96. The molecule has 1 atom stereocenters. The molecular formula is C18H25N3O. The van der Waals surface area contributed by atoms with Crippen molar-refractivity contribution in [3.05, 3.63) is 22.4 Å². The Morgan fingerprint density at radius 1 is 1.27 bits per heavy atom. The van der Waals surface area contributed by atoms with Crippen LogP contribution in [-0.2, 0) is 17.6 Å². The van der Waals surface area contributed by atoms with Crippen molar-refractivity contribution in [1.29, 1.82) is 5.26 Å². The highest BCUT2D eigenvalue weighted by Gasteiger charge is 2.24. The van der Waals surface area contributed by atoms with E-state index in [4.69, 9.17) is 9.72 Å². The van der Waals surface area contributed by atoms with Crippen LogP contribution in [0.15, 0.2) is 0 Å². The number of hydrogen-bond acceptors (Lipinski definition) is 4. The largest absolute Gasteiger partial charge is 0.376 e. The molecule has 2 aliphatic rings. The van der Waals surface area contributed by atoms with Crippen LogP contribution in [-0.4, -0.2) is 24.2 Å². The SMILES string of the molecule is CC(C)c1nc(NC[C@@H]2CCCO2)c(C#N)c2c1CCCC2. The molecule has 1 saturated heterocycles. The average molecular weight is 299 g/mol. The molecule has 4 heteroatoms. The van der Waals surface area contributed by atoms with E-state index in [0.29, 0.717) is 5.92 Å². The lowest BCUT2D eigenvalue weighted by Crippen LogP contribution is -2.22. The second-order valence-electron chi connectivity index (χ2n) is 6.67. The minimum absolute atomic E-state index is 0.256. The van der Waals surface area contributed by atoms with Crippen molar-refractivity contribution in [3.8, 4) is 6.07 Å². The Labute approximate surface area is 132 Å². The van der Waals surface area contributed by atoms with Gasteiger partial charge in [0.05, 0.1) is 11.7 Å². The Bertz CT molecular complexity index is 583. The van der Waals surface area contributed by atoms with Gasteiger partial charge in [0.25, 0.3) is 0 Å². The van der Waals surface area contributed by atoms with E-state index >= 15 is 0 Å². The van der Waals surface area contributed by atoms with Crippen molar-refractivity contribution in [1.82, 2.24) is 4.98 Å². The summed E-state index contributed by atoms with van der Waals surface area (Å²) in [6.45, 7) is 5.98. The molecular weight excluding hydrogens is 274 g/mol. The third-order valence-corrected chi connectivity index (χ3v) is 4.73. The lowest BCUT2D eigenvalue weighted by atomic mass is 9.85. The van der Waals surface area contributed by atoms with Gasteiger partial charge in [-0.1, -0.05) is 13.8 Å². The average Bonchev–Trinajstić information content (AvgIpc) is 3.04. The molecule has 2 heterocycles. The van der Waals surface area contributed by atoms with Gasteiger partial charge in [0, 0.05) is 18.8 Å². The van der Waals surface area contributed by atoms with Gasteiger partial charge in [-0.05, 0) is 55.6 Å². The molecule has 0 saturated carbocycles. The number of nitrogens with zero attached hydrogens (tertiary/aromatic N) is 2. The van der Waals surface area contributed by atoms with Crippen molar-refractivity contribution in [2.75, 3.05) is 18.5 Å². The smallest absolute Gasteiger partial charge is 0.144 e. The van der Waals surface area contributed by atoms with Gasteiger partial charge in [0.15, 0.2) is 0 Å². The fourth-order valence-electron chi connectivity index (χ4n) is 3.59. The van der Waals surface area contributed by atoms with Crippen LogP contribution < -0.4 is 5.32 Å². The first-order valence-corrected chi connectivity index (χ1v) is 8.52. The summed E-state index contributed by atoms with van der Waals surface area (Å²) in [5.41, 5.74) is 4.50. The molecule has 1 aliphatic heterocycles. The fourth-order valence-corrected chi connectivity index (χ4v) is 3.59. The maximum absolute atomic E-state index is 9.63. The molecule has 22 heavy (non-hydrogen) atoms. The van der Waals surface area contributed by atoms with Crippen LogP contribution in [0.2, 0.25) is 0 Å². The summed E-state index contributed by atoms with van der Waals surface area (Å²) in [5.74, 6) is 1.16. The summed E-state index contributed by atoms with van der Waals surface area (Å²) in [6, 6.07) is 2.40. The molecule has 0 amide bonds. The van der Waals surface area contributed by atoms with E-state index in [-0.39, 0.29) is 6.10 Å². The monoisotopic (exact) mass is 299 g/mol. The molecule has 1 aliphatic carbocycles. The molecule has 4 nitrogen and oxygen atoms in total. The second kappa shape index (κ2) is 6.66. The highest BCUT2D eigenvalue weighted by molar-refractivity contribution is 5.60. The van der Waals surface area contributed by atoms with Crippen molar-refractivity contribution in [3.63, 3.8) is 0 Å². The number of pyridine rings is 1. The van der Waals surface area contributed by atoms with Crippen LogP contribution in [0.4, 0.5) is 5.82 Å². The number of hydrogen-bond donors (Lipinski definition) is 1. The quantitative estimate of drug-likeness (QED) is 0.923. The number of anilines is 1. The summed E-state index contributed by atoms with van der Waals surface area (Å²) < 4.78 is 5.67. The minimum Gasteiger partial charge on any atom is -0.376 e. The van der Waals surface area contributed by atoms with Gasteiger partial charge in [0.1, 0.15) is 11.9 Å². The Hall–Kier alpha value is -1.60. The number of aromatic nitrogens is 1. The Morgan fingerprint density at radius 2 is 2.05 bits per heavy atom. The molecule has 1 aromatic heterocycles. The van der Waals surface area contributed by atoms with Crippen LogP contribution in [0, 0.1) is 11.3 Å². The van der Waals surface area contributed by atoms with E-state index in [1.54, 1.807) is 0 Å². The van der Waals surface area contributed by atoms with Gasteiger partial charge in [-0.2, -0.15) is 5.26 Å². The summed E-state index contributed by atoms with van der Waals surface area (Å²) in [4.78, 5) is 4.83. The first kappa shape index (κ1) is 15.3. The minimum atomic E-state index is 0.256. The van der Waals surface area contributed by atoms with Crippen molar-refractivity contribution < 1.29 is 4.74 Å². The van der Waals surface area contributed by atoms with Crippen LogP contribution >= 0.6 is 0 Å². The molecule has 3 rings (SSSR count). The topological polar surface area (TPSA) is 57.9 Å². The second-order valence-corrected chi connectivity index (χ2v) is 6.67. The highest BCUT2D eigenvalue weighted by atomic mass is 16.5. The van der Waals surface area contributed by atoms with Gasteiger partial charge in [-0.3, -0.25) is 0 Å². The first-order valence-electron chi connectivity index (χ1n) is 8.52. The number of fused-ring (bicyclic) bond motifs is 1. The molecule has 118 valence electrons. The fraction of sp³-hybridized carbons (Fsp3) is 0.667.